The van der Waals surface area contributed by atoms with Crippen molar-refractivity contribution in [3.63, 3.8) is 0 Å². The number of hydrogen-bond acceptors (Lipinski definition) is 7. The number of rotatable bonds is 9. The van der Waals surface area contributed by atoms with Crippen LogP contribution in [0.25, 0.3) is 11.3 Å². The molecule has 0 aliphatic rings. The number of ether oxygens (including phenoxy) is 2. The first-order valence-electron chi connectivity index (χ1n) is 8.41. The Morgan fingerprint density at radius 1 is 1.07 bits per heavy atom. The molecule has 0 aliphatic heterocycles. The number of aromatic nitrogens is 3. The molecule has 0 bridgehead atoms. The zero-order chi connectivity index (χ0) is 20.0. The van der Waals surface area contributed by atoms with E-state index in [1.54, 1.807) is 43.6 Å². The Bertz CT molecular complexity index is 1020. The molecular formula is C18H21N5O4S. The Labute approximate surface area is 163 Å². The molecule has 0 atom stereocenters. The number of aromatic amines is 1. The van der Waals surface area contributed by atoms with Crippen LogP contribution in [0.1, 0.15) is 0 Å². The van der Waals surface area contributed by atoms with Crippen LogP contribution in [0.5, 0.6) is 5.88 Å². The van der Waals surface area contributed by atoms with Crippen LogP contribution < -0.4 is 14.8 Å². The summed E-state index contributed by atoms with van der Waals surface area (Å²) in [5.74, 6) is 1.12. The van der Waals surface area contributed by atoms with Gasteiger partial charge in [0, 0.05) is 36.8 Å². The van der Waals surface area contributed by atoms with Crippen molar-refractivity contribution in [2.75, 3.05) is 36.6 Å². The lowest BCUT2D eigenvalue weighted by Gasteiger charge is -2.07. The number of nitrogens with zero attached hydrogens (tertiary/aromatic N) is 2. The average molecular weight is 403 g/mol. The van der Waals surface area contributed by atoms with Gasteiger partial charge in [-0.15, -0.1) is 0 Å². The van der Waals surface area contributed by atoms with Crippen molar-refractivity contribution in [3.8, 4) is 17.1 Å². The van der Waals surface area contributed by atoms with Crippen molar-refractivity contribution < 1.29 is 17.9 Å². The number of H-pyrrole nitrogens is 1. The van der Waals surface area contributed by atoms with E-state index in [-0.39, 0.29) is 0 Å². The van der Waals surface area contributed by atoms with E-state index in [0.29, 0.717) is 30.6 Å². The van der Waals surface area contributed by atoms with Gasteiger partial charge in [0.05, 0.1) is 18.6 Å². The van der Waals surface area contributed by atoms with Gasteiger partial charge in [-0.05, 0) is 23.8 Å². The Hall–Kier alpha value is -3.11. The minimum atomic E-state index is -3.30. The minimum absolute atomic E-state index is 0.420. The molecule has 1 aromatic carbocycles. The zero-order valence-corrected chi connectivity index (χ0v) is 16.3. The SMILES string of the molecule is COCCOc1cc(Nc2cc(-c3ccc(NS(C)(=O)=O)cc3)[nH]n2)ccn1. The Balaban J connectivity index is 1.66. The summed E-state index contributed by atoms with van der Waals surface area (Å²) in [5.41, 5.74) is 2.95. The molecule has 3 rings (SSSR count). The minimum Gasteiger partial charge on any atom is -0.475 e. The first-order chi connectivity index (χ1) is 13.4. The molecule has 10 heteroatoms. The van der Waals surface area contributed by atoms with Crippen molar-refractivity contribution in [1.82, 2.24) is 15.2 Å². The third kappa shape index (κ3) is 5.69. The fraction of sp³-hybridized carbons (Fsp3) is 0.222. The van der Waals surface area contributed by atoms with Crippen molar-refractivity contribution in [3.05, 3.63) is 48.7 Å². The highest BCUT2D eigenvalue weighted by Gasteiger charge is 2.07. The van der Waals surface area contributed by atoms with Crippen molar-refractivity contribution in [2.24, 2.45) is 0 Å². The van der Waals surface area contributed by atoms with Gasteiger partial charge in [0.25, 0.3) is 0 Å². The number of benzene rings is 1. The van der Waals surface area contributed by atoms with Gasteiger partial charge in [-0.3, -0.25) is 9.82 Å². The van der Waals surface area contributed by atoms with Crippen LogP contribution >= 0.6 is 0 Å². The van der Waals surface area contributed by atoms with Crippen molar-refractivity contribution in [2.45, 2.75) is 0 Å². The van der Waals surface area contributed by atoms with Gasteiger partial charge in [0.1, 0.15) is 6.61 Å². The second kappa shape index (κ2) is 8.72. The second-order valence-electron chi connectivity index (χ2n) is 5.97. The van der Waals surface area contributed by atoms with Crippen molar-refractivity contribution >= 4 is 27.2 Å². The van der Waals surface area contributed by atoms with Gasteiger partial charge in [-0.2, -0.15) is 5.10 Å². The van der Waals surface area contributed by atoms with Crippen LogP contribution in [0.3, 0.4) is 0 Å². The molecule has 2 aromatic heterocycles. The highest BCUT2D eigenvalue weighted by atomic mass is 32.2. The maximum Gasteiger partial charge on any atom is 0.229 e. The van der Waals surface area contributed by atoms with E-state index in [0.717, 1.165) is 23.2 Å². The Kier molecular flexibility index (Phi) is 6.12. The monoisotopic (exact) mass is 403 g/mol. The first kappa shape index (κ1) is 19.6. The Morgan fingerprint density at radius 3 is 2.57 bits per heavy atom. The van der Waals surface area contributed by atoms with E-state index in [2.05, 4.69) is 25.2 Å². The number of methoxy groups -OCH3 is 1. The molecule has 0 saturated heterocycles. The summed E-state index contributed by atoms with van der Waals surface area (Å²) in [5, 5.41) is 10.4. The second-order valence-corrected chi connectivity index (χ2v) is 7.72. The quantitative estimate of drug-likeness (QED) is 0.470. The van der Waals surface area contributed by atoms with Crippen LogP contribution in [-0.4, -0.2) is 50.2 Å². The third-order valence-corrected chi connectivity index (χ3v) is 4.23. The molecule has 0 unspecified atom stereocenters. The molecule has 0 saturated carbocycles. The molecule has 28 heavy (non-hydrogen) atoms. The fourth-order valence-corrected chi connectivity index (χ4v) is 2.97. The van der Waals surface area contributed by atoms with Gasteiger partial charge in [-0.25, -0.2) is 13.4 Å². The van der Waals surface area contributed by atoms with Crippen LogP contribution in [-0.2, 0) is 14.8 Å². The maximum absolute atomic E-state index is 11.3. The van der Waals surface area contributed by atoms with E-state index in [1.807, 2.05) is 12.1 Å². The molecule has 9 nitrogen and oxygen atoms in total. The highest BCUT2D eigenvalue weighted by Crippen LogP contribution is 2.24. The van der Waals surface area contributed by atoms with Gasteiger partial charge < -0.3 is 14.8 Å². The van der Waals surface area contributed by atoms with E-state index in [9.17, 15) is 8.42 Å². The van der Waals surface area contributed by atoms with Crippen molar-refractivity contribution in [1.29, 1.82) is 0 Å². The number of pyridine rings is 1. The van der Waals surface area contributed by atoms with Crippen LogP contribution in [0.4, 0.5) is 17.2 Å². The molecule has 0 amide bonds. The first-order valence-corrected chi connectivity index (χ1v) is 10.3. The summed E-state index contributed by atoms with van der Waals surface area (Å²) in [6, 6.07) is 12.4. The van der Waals surface area contributed by atoms with E-state index < -0.39 is 10.0 Å². The molecular weight excluding hydrogens is 382 g/mol. The van der Waals surface area contributed by atoms with E-state index in [1.165, 1.54) is 0 Å². The smallest absolute Gasteiger partial charge is 0.229 e. The number of hydrogen-bond donors (Lipinski definition) is 3. The summed E-state index contributed by atoms with van der Waals surface area (Å²) in [6.07, 6.45) is 2.76. The average Bonchev–Trinajstić information content (AvgIpc) is 3.10. The molecule has 3 aromatic rings. The summed E-state index contributed by atoms with van der Waals surface area (Å²) in [4.78, 5) is 4.14. The van der Waals surface area contributed by atoms with Crippen LogP contribution in [0.2, 0.25) is 0 Å². The lowest BCUT2D eigenvalue weighted by atomic mass is 10.1. The topological polar surface area (TPSA) is 118 Å². The fourth-order valence-electron chi connectivity index (χ4n) is 2.41. The zero-order valence-electron chi connectivity index (χ0n) is 15.5. The number of sulfonamides is 1. The predicted octanol–water partition coefficient (Wildman–Crippen LogP) is 2.61. The molecule has 0 aliphatic carbocycles. The lowest BCUT2D eigenvalue weighted by molar-refractivity contribution is 0.144. The molecule has 0 fully saturated rings. The standard InChI is InChI=1S/C18H21N5O4S/c1-26-9-10-27-18-11-15(7-8-19-18)20-17-12-16(21-22-17)13-3-5-14(6-4-13)23-28(2,24)25/h3-8,11-12,23H,9-10H2,1-2H3,(H2,19,20,21,22). The predicted molar refractivity (Wildman–Crippen MR) is 107 cm³/mol. The van der Waals surface area contributed by atoms with Gasteiger partial charge >= 0.3 is 0 Å². The van der Waals surface area contributed by atoms with E-state index in [4.69, 9.17) is 9.47 Å². The molecule has 0 radical (unpaired) electrons. The molecule has 148 valence electrons. The summed E-state index contributed by atoms with van der Waals surface area (Å²) in [6.45, 7) is 0.907. The molecule has 3 N–H and O–H groups in total. The number of nitrogens with one attached hydrogen (secondary N) is 3. The summed E-state index contributed by atoms with van der Waals surface area (Å²) < 4.78 is 35.4. The Morgan fingerprint density at radius 2 is 1.86 bits per heavy atom. The molecule has 0 spiro atoms. The highest BCUT2D eigenvalue weighted by molar-refractivity contribution is 7.92. The van der Waals surface area contributed by atoms with Crippen LogP contribution in [0, 0.1) is 0 Å². The van der Waals surface area contributed by atoms with Crippen LogP contribution in [0.15, 0.2) is 48.7 Å². The number of anilines is 3. The summed E-state index contributed by atoms with van der Waals surface area (Å²) >= 11 is 0. The maximum atomic E-state index is 11.3. The van der Waals surface area contributed by atoms with Gasteiger partial charge in [-0.1, -0.05) is 12.1 Å². The lowest BCUT2D eigenvalue weighted by Crippen LogP contribution is -2.09. The largest absolute Gasteiger partial charge is 0.475 e. The third-order valence-electron chi connectivity index (χ3n) is 3.62. The van der Waals surface area contributed by atoms with Gasteiger partial charge in [0.2, 0.25) is 15.9 Å². The summed E-state index contributed by atoms with van der Waals surface area (Å²) in [7, 11) is -1.69. The van der Waals surface area contributed by atoms with E-state index >= 15 is 0 Å². The van der Waals surface area contributed by atoms with Gasteiger partial charge in [0.15, 0.2) is 5.82 Å². The normalized spacial score (nSPS) is 11.2. The molecule has 2 heterocycles.